The third kappa shape index (κ3) is 2.88. The van der Waals surface area contributed by atoms with E-state index in [1.807, 2.05) is 0 Å². The van der Waals surface area contributed by atoms with Crippen molar-refractivity contribution in [3.63, 3.8) is 0 Å². The van der Waals surface area contributed by atoms with Gasteiger partial charge in [0.05, 0.1) is 16.6 Å². The van der Waals surface area contributed by atoms with Crippen LogP contribution in [0.4, 0.5) is 5.00 Å². The second kappa shape index (κ2) is 6.40. The first-order valence-electron chi connectivity index (χ1n) is 7.35. The minimum absolute atomic E-state index is 0.261. The van der Waals surface area contributed by atoms with Gasteiger partial charge in [-0.3, -0.25) is 4.79 Å². The van der Waals surface area contributed by atoms with Crippen molar-refractivity contribution in [2.45, 2.75) is 20.0 Å². The first-order valence-corrected chi connectivity index (χ1v) is 8.12. The molecule has 3 rings (SSSR count). The summed E-state index contributed by atoms with van der Waals surface area (Å²) in [5.41, 5.74) is 1.30. The zero-order valence-electron chi connectivity index (χ0n) is 13.4. The average molecular weight is 344 g/mol. The number of aromatic nitrogens is 3. The molecule has 0 fully saturated rings. The van der Waals surface area contributed by atoms with Crippen molar-refractivity contribution >= 4 is 33.4 Å². The van der Waals surface area contributed by atoms with Crippen LogP contribution in [0, 0.1) is 6.92 Å². The number of fused-ring (bicyclic) bond motifs is 1. The summed E-state index contributed by atoms with van der Waals surface area (Å²) in [6.07, 6.45) is -0.696. The lowest BCUT2D eigenvalue weighted by molar-refractivity contribution is 0.0320. The molecule has 2 aromatic heterocycles. The third-order valence-electron chi connectivity index (χ3n) is 3.59. The molecule has 0 spiro atoms. The number of hydrogen-bond donors (Lipinski definition) is 2. The minimum Gasteiger partial charge on any atom is -0.451 e. The Morgan fingerprint density at radius 2 is 2.12 bits per heavy atom. The number of benzene rings is 1. The van der Waals surface area contributed by atoms with Gasteiger partial charge in [0.2, 0.25) is 0 Å². The van der Waals surface area contributed by atoms with E-state index < -0.39 is 12.1 Å². The van der Waals surface area contributed by atoms with E-state index in [-0.39, 0.29) is 5.56 Å². The maximum absolute atomic E-state index is 12.4. The molecule has 7 nitrogen and oxygen atoms in total. The number of nitrogens with one attached hydrogen (secondary N) is 2. The van der Waals surface area contributed by atoms with Crippen LogP contribution < -0.4 is 10.9 Å². The molecule has 0 aliphatic rings. The largest absolute Gasteiger partial charge is 0.451 e. The number of para-hydroxylation sites is 1. The summed E-state index contributed by atoms with van der Waals surface area (Å²) in [6.45, 7) is 3.41. The molecule has 0 aliphatic carbocycles. The molecule has 0 saturated heterocycles. The van der Waals surface area contributed by atoms with Crippen LogP contribution in [0.5, 0.6) is 0 Å². The molecule has 1 atom stereocenters. The molecule has 1 aromatic carbocycles. The number of aryl methyl sites for hydroxylation is 1. The summed E-state index contributed by atoms with van der Waals surface area (Å²) in [6, 6.07) is 7.01. The monoisotopic (exact) mass is 344 g/mol. The number of ether oxygens (including phenoxy) is 1. The van der Waals surface area contributed by atoms with E-state index in [4.69, 9.17) is 4.74 Å². The number of esters is 1. The van der Waals surface area contributed by atoms with Crippen LogP contribution in [0.15, 0.2) is 29.1 Å². The fourth-order valence-electron chi connectivity index (χ4n) is 2.35. The van der Waals surface area contributed by atoms with Gasteiger partial charge in [-0.25, -0.2) is 9.78 Å². The first kappa shape index (κ1) is 16.1. The van der Waals surface area contributed by atoms with Crippen LogP contribution in [0.1, 0.15) is 34.9 Å². The Kier molecular flexibility index (Phi) is 4.30. The molecule has 0 bridgehead atoms. The summed E-state index contributed by atoms with van der Waals surface area (Å²) in [5.74, 6) is -0.201. The van der Waals surface area contributed by atoms with Crippen LogP contribution in [0.2, 0.25) is 0 Å². The highest BCUT2D eigenvalue weighted by atomic mass is 32.1. The Labute approximate surface area is 141 Å². The van der Waals surface area contributed by atoms with Crippen LogP contribution in [-0.2, 0) is 4.74 Å². The summed E-state index contributed by atoms with van der Waals surface area (Å²) in [4.78, 5) is 31.6. The molecular formula is C16H16N4O3S. The molecule has 0 saturated carbocycles. The number of aromatic amines is 1. The van der Waals surface area contributed by atoms with Gasteiger partial charge in [0.25, 0.3) is 5.56 Å². The van der Waals surface area contributed by atoms with Crippen molar-refractivity contribution in [1.29, 1.82) is 0 Å². The topological polar surface area (TPSA) is 97.0 Å². The SMILES string of the molecule is CNc1snc(C)c1C(=O)O[C@H](C)c1nc2ccccc2c(=O)[nH]1. The lowest BCUT2D eigenvalue weighted by Gasteiger charge is -2.13. The molecule has 0 amide bonds. The molecule has 24 heavy (non-hydrogen) atoms. The summed E-state index contributed by atoms with van der Waals surface area (Å²) >= 11 is 1.20. The Bertz CT molecular complexity index is 963. The van der Waals surface area contributed by atoms with Gasteiger partial charge in [-0.1, -0.05) is 12.1 Å². The number of carbonyl (C=O) groups is 1. The van der Waals surface area contributed by atoms with Gasteiger partial charge in [0.15, 0.2) is 11.9 Å². The van der Waals surface area contributed by atoms with Crippen molar-refractivity contribution < 1.29 is 9.53 Å². The number of rotatable bonds is 4. The maximum Gasteiger partial charge on any atom is 0.343 e. The molecule has 0 radical (unpaired) electrons. The van der Waals surface area contributed by atoms with Crippen LogP contribution >= 0.6 is 11.5 Å². The van der Waals surface area contributed by atoms with E-state index >= 15 is 0 Å². The smallest absolute Gasteiger partial charge is 0.343 e. The van der Waals surface area contributed by atoms with Crippen LogP contribution in [0.25, 0.3) is 10.9 Å². The first-order chi connectivity index (χ1) is 11.5. The zero-order valence-corrected chi connectivity index (χ0v) is 14.2. The van der Waals surface area contributed by atoms with Gasteiger partial charge < -0.3 is 15.0 Å². The maximum atomic E-state index is 12.4. The van der Waals surface area contributed by atoms with E-state index in [0.717, 1.165) is 0 Å². The van der Waals surface area contributed by atoms with E-state index in [1.165, 1.54) is 11.5 Å². The predicted octanol–water partition coefficient (Wildman–Crippen LogP) is 2.65. The van der Waals surface area contributed by atoms with Gasteiger partial charge in [0, 0.05) is 7.05 Å². The highest BCUT2D eigenvalue weighted by molar-refractivity contribution is 7.10. The number of hydrogen-bond acceptors (Lipinski definition) is 7. The van der Waals surface area contributed by atoms with Crippen LogP contribution in [0.3, 0.4) is 0 Å². The zero-order chi connectivity index (χ0) is 17.3. The normalized spacial score (nSPS) is 12.1. The highest BCUT2D eigenvalue weighted by Gasteiger charge is 2.23. The van der Waals surface area contributed by atoms with E-state index in [2.05, 4.69) is 19.7 Å². The number of anilines is 1. The second-order valence-electron chi connectivity index (χ2n) is 5.24. The molecule has 0 aliphatic heterocycles. The van der Waals surface area contributed by atoms with Gasteiger partial charge in [-0.15, -0.1) is 0 Å². The Balaban J connectivity index is 1.90. The highest BCUT2D eigenvalue weighted by Crippen LogP contribution is 2.26. The molecule has 8 heteroatoms. The number of H-pyrrole nitrogens is 1. The third-order valence-corrected chi connectivity index (χ3v) is 4.55. The van der Waals surface area contributed by atoms with Crippen molar-refractivity contribution in [3.8, 4) is 0 Å². The van der Waals surface area contributed by atoms with E-state index in [9.17, 15) is 9.59 Å². The van der Waals surface area contributed by atoms with E-state index in [0.29, 0.717) is 33.0 Å². The Morgan fingerprint density at radius 1 is 1.38 bits per heavy atom. The van der Waals surface area contributed by atoms with Crippen molar-refractivity contribution in [1.82, 2.24) is 14.3 Å². The molecule has 0 unspecified atom stereocenters. The number of carbonyl (C=O) groups excluding carboxylic acids is 1. The van der Waals surface area contributed by atoms with Crippen molar-refractivity contribution in [2.24, 2.45) is 0 Å². The van der Waals surface area contributed by atoms with Crippen LogP contribution in [-0.4, -0.2) is 27.4 Å². The fraction of sp³-hybridized carbons (Fsp3) is 0.250. The average Bonchev–Trinajstić information content (AvgIpc) is 2.95. The molecule has 2 heterocycles. The standard InChI is InChI=1S/C16H16N4O3S/c1-8-12(15(17-3)24-20-8)16(22)23-9(2)13-18-11-7-5-4-6-10(11)14(21)19-13/h4-7,9,17H,1-3H3,(H,18,19,21)/t9-/m1/s1. The van der Waals surface area contributed by atoms with Gasteiger partial charge in [-0.2, -0.15) is 4.37 Å². The lowest BCUT2D eigenvalue weighted by atomic mass is 10.2. The summed E-state index contributed by atoms with van der Waals surface area (Å²) in [5, 5.41) is 4.06. The summed E-state index contributed by atoms with van der Waals surface area (Å²) < 4.78 is 9.61. The Morgan fingerprint density at radius 3 is 2.88 bits per heavy atom. The Hall–Kier alpha value is -2.74. The van der Waals surface area contributed by atoms with Gasteiger partial charge in [-0.05, 0) is 37.5 Å². The second-order valence-corrected chi connectivity index (χ2v) is 6.01. The predicted molar refractivity (Wildman–Crippen MR) is 92.6 cm³/mol. The van der Waals surface area contributed by atoms with Crippen molar-refractivity contribution in [3.05, 3.63) is 51.7 Å². The van der Waals surface area contributed by atoms with Gasteiger partial charge in [0.1, 0.15) is 10.6 Å². The molecular weight excluding hydrogens is 328 g/mol. The van der Waals surface area contributed by atoms with Gasteiger partial charge >= 0.3 is 5.97 Å². The van der Waals surface area contributed by atoms with E-state index in [1.54, 1.807) is 45.2 Å². The lowest BCUT2D eigenvalue weighted by Crippen LogP contribution is -2.18. The molecule has 2 N–H and O–H groups in total. The fourth-order valence-corrected chi connectivity index (χ4v) is 3.09. The van der Waals surface area contributed by atoms with Crippen molar-refractivity contribution in [2.75, 3.05) is 12.4 Å². The summed E-state index contributed by atoms with van der Waals surface area (Å²) in [7, 11) is 1.72. The number of nitrogens with zero attached hydrogens (tertiary/aromatic N) is 2. The minimum atomic E-state index is -0.696. The molecule has 124 valence electrons. The molecule has 3 aromatic rings. The quantitative estimate of drug-likeness (QED) is 0.706.